The maximum Gasteiger partial charge on any atom is 0.270 e. The third kappa shape index (κ3) is 3.17. The number of nitro benzene ring substituents is 1. The first-order valence-corrected chi connectivity index (χ1v) is 7.61. The second-order valence-electron chi connectivity index (χ2n) is 4.28. The number of hydrogen-bond donors (Lipinski definition) is 0. The van der Waals surface area contributed by atoms with E-state index in [4.69, 9.17) is 0 Å². The van der Waals surface area contributed by atoms with E-state index >= 15 is 0 Å². The normalized spacial score (nSPS) is 10.7. The Morgan fingerprint density at radius 2 is 2.19 bits per heavy atom. The van der Waals surface area contributed by atoms with Crippen molar-refractivity contribution in [3.05, 3.63) is 61.5 Å². The molecule has 106 valence electrons. The fourth-order valence-electron chi connectivity index (χ4n) is 1.86. The van der Waals surface area contributed by atoms with Gasteiger partial charge in [0.2, 0.25) is 0 Å². The summed E-state index contributed by atoms with van der Waals surface area (Å²) in [6, 6.07) is 10.3. The first-order chi connectivity index (χ1) is 10.1. The molecule has 0 aliphatic rings. The van der Waals surface area contributed by atoms with Crippen LogP contribution in [0.2, 0.25) is 0 Å². The minimum Gasteiger partial charge on any atom is -0.258 e. The van der Waals surface area contributed by atoms with E-state index in [1.165, 1.54) is 12.1 Å². The number of nitro groups is 1. The number of hydrogen-bond acceptors (Lipinski definition) is 5. The summed E-state index contributed by atoms with van der Waals surface area (Å²) in [4.78, 5) is 15.7. The third-order valence-corrected chi connectivity index (χ3v) is 4.41. The van der Waals surface area contributed by atoms with Crippen LogP contribution in [0, 0.1) is 10.1 Å². The van der Waals surface area contributed by atoms with Crippen molar-refractivity contribution in [3.8, 4) is 11.4 Å². The van der Waals surface area contributed by atoms with Gasteiger partial charge < -0.3 is 0 Å². The highest BCUT2D eigenvalue weighted by atomic mass is 79.9. The van der Waals surface area contributed by atoms with Gasteiger partial charge in [0.25, 0.3) is 5.69 Å². The largest absolute Gasteiger partial charge is 0.270 e. The lowest BCUT2D eigenvalue weighted by atomic mass is 10.2. The number of nitrogens with zero attached hydrogens (tertiary/aromatic N) is 4. The fourth-order valence-corrected chi connectivity index (χ4v) is 3.33. The molecule has 0 saturated carbocycles. The van der Waals surface area contributed by atoms with E-state index in [0.29, 0.717) is 17.9 Å². The third-order valence-electron chi connectivity index (χ3n) is 2.80. The van der Waals surface area contributed by atoms with Gasteiger partial charge in [0.1, 0.15) is 6.33 Å². The Kier molecular flexibility index (Phi) is 3.80. The number of rotatable bonds is 4. The highest BCUT2D eigenvalue weighted by Gasteiger charge is 2.10. The van der Waals surface area contributed by atoms with Crippen molar-refractivity contribution >= 4 is 33.0 Å². The van der Waals surface area contributed by atoms with Crippen LogP contribution >= 0.6 is 27.3 Å². The van der Waals surface area contributed by atoms with Crippen molar-refractivity contribution < 1.29 is 4.92 Å². The topological polar surface area (TPSA) is 73.8 Å². The van der Waals surface area contributed by atoms with Crippen molar-refractivity contribution in [1.82, 2.24) is 14.8 Å². The van der Waals surface area contributed by atoms with Crippen molar-refractivity contribution in [2.45, 2.75) is 6.54 Å². The van der Waals surface area contributed by atoms with Gasteiger partial charge in [0, 0.05) is 22.6 Å². The first-order valence-electron chi connectivity index (χ1n) is 6.00. The summed E-state index contributed by atoms with van der Waals surface area (Å²) >= 11 is 5.05. The molecule has 21 heavy (non-hydrogen) atoms. The molecule has 1 aromatic carbocycles. The Labute approximate surface area is 132 Å². The minimum absolute atomic E-state index is 0.0334. The summed E-state index contributed by atoms with van der Waals surface area (Å²) in [6.45, 7) is 0.623. The second-order valence-corrected chi connectivity index (χ2v) is 6.83. The van der Waals surface area contributed by atoms with Crippen molar-refractivity contribution in [3.63, 3.8) is 0 Å². The molecular formula is C13H9BrN4O2S. The zero-order valence-corrected chi connectivity index (χ0v) is 13.0. The smallest absolute Gasteiger partial charge is 0.258 e. The molecule has 3 aromatic rings. The van der Waals surface area contributed by atoms with Crippen molar-refractivity contribution in [2.24, 2.45) is 0 Å². The molecule has 0 aliphatic carbocycles. The van der Waals surface area contributed by atoms with Crippen molar-refractivity contribution in [1.29, 1.82) is 0 Å². The highest BCUT2D eigenvalue weighted by Crippen LogP contribution is 2.23. The average Bonchev–Trinajstić information content (AvgIpc) is 3.09. The summed E-state index contributed by atoms with van der Waals surface area (Å²) in [6.07, 6.45) is 1.63. The SMILES string of the molecule is O=[N+]([O-])c1cccc(-c2ncn(Cc3ccc(Br)s3)n2)c1. The fraction of sp³-hybridized carbons (Fsp3) is 0.0769. The molecule has 0 bridgehead atoms. The maximum absolute atomic E-state index is 10.8. The van der Waals surface area contributed by atoms with Gasteiger partial charge in [-0.3, -0.25) is 10.1 Å². The number of benzene rings is 1. The summed E-state index contributed by atoms with van der Waals surface area (Å²) in [5.41, 5.74) is 0.668. The monoisotopic (exact) mass is 364 g/mol. The van der Waals surface area contributed by atoms with E-state index in [9.17, 15) is 10.1 Å². The standard InChI is InChI=1S/C13H9BrN4O2S/c14-12-5-4-11(21-12)7-17-8-15-13(16-17)9-2-1-3-10(6-9)18(19)20/h1-6,8H,7H2. The van der Waals surface area contributed by atoms with Crippen LogP contribution in [0.3, 0.4) is 0 Å². The van der Waals surface area contributed by atoms with Crippen LogP contribution in [-0.4, -0.2) is 19.7 Å². The summed E-state index contributed by atoms with van der Waals surface area (Å²) < 4.78 is 2.78. The molecule has 2 aromatic heterocycles. The maximum atomic E-state index is 10.8. The molecule has 0 saturated heterocycles. The predicted molar refractivity (Wildman–Crippen MR) is 83.2 cm³/mol. The van der Waals surface area contributed by atoms with Gasteiger partial charge in [0.05, 0.1) is 15.3 Å². The lowest BCUT2D eigenvalue weighted by molar-refractivity contribution is -0.384. The molecule has 6 nitrogen and oxygen atoms in total. The summed E-state index contributed by atoms with van der Waals surface area (Å²) in [7, 11) is 0. The molecule has 0 N–H and O–H groups in total. The van der Waals surface area contributed by atoms with Crippen LogP contribution in [0.5, 0.6) is 0 Å². The quantitative estimate of drug-likeness (QED) is 0.522. The van der Waals surface area contributed by atoms with Gasteiger partial charge in [-0.25, -0.2) is 9.67 Å². The van der Waals surface area contributed by atoms with Gasteiger partial charge >= 0.3 is 0 Å². The van der Waals surface area contributed by atoms with Gasteiger partial charge in [-0.1, -0.05) is 12.1 Å². The molecular weight excluding hydrogens is 356 g/mol. The van der Waals surface area contributed by atoms with Crippen LogP contribution in [0.25, 0.3) is 11.4 Å². The van der Waals surface area contributed by atoms with Crippen LogP contribution in [0.15, 0.2) is 46.5 Å². The molecule has 0 amide bonds. The average molecular weight is 365 g/mol. The lowest BCUT2D eigenvalue weighted by Crippen LogP contribution is -1.98. The lowest BCUT2D eigenvalue weighted by Gasteiger charge is -1.97. The van der Waals surface area contributed by atoms with Crippen LogP contribution in [-0.2, 0) is 6.54 Å². The number of aromatic nitrogens is 3. The molecule has 0 aliphatic heterocycles. The summed E-state index contributed by atoms with van der Waals surface area (Å²) in [5, 5.41) is 15.1. The van der Waals surface area contributed by atoms with Gasteiger partial charge in [-0.2, -0.15) is 5.10 Å². The van der Waals surface area contributed by atoms with E-state index in [2.05, 4.69) is 26.0 Å². The molecule has 2 heterocycles. The first kappa shape index (κ1) is 13.9. The van der Waals surface area contributed by atoms with Crippen molar-refractivity contribution in [2.75, 3.05) is 0 Å². The van der Waals surface area contributed by atoms with E-state index < -0.39 is 4.92 Å². The Bertz CT molecular complexity index is 799. The predicted octanol–water partition coefficient (Wildman–Crippen LogP) is 3.73. The van der Waals surface area contributed by atoms with Gasteiger partial charge in [-0.05, 0) is 28.1 Å². The second kappa shape index (κ2) is 5.74. The van der Waals surface area contributed by atoms with Crippen LogP contribution in [0.1, 0.15) is 4.88 Å². The Hall–Kier alpha value is -2.06. The van der Waals surface area contributed by atoms with E-state index in [1.54, 1.807) is 34.5 Å². The summed E-state index contributed by atoms with van der Waals surface area (Å²) in [5.74, 6) is 0.481. The van der Waals surface area contributed by atoms with E-state index in [0.717, 1.165) is 8.66 Å². The van der Waals surface area contributed by atoms with Crippen LogP contribution in [0.4, 0.5) is 5.69 Å². The molecule has 3 rings (SSSR count). The molecule has 0 unspecified atom stereocenters. The van der Waals surface area contributed by atoms with Crippen LogP contribution < -0.4 is 0 Å². The number of halogens is 1. The Morgan fingerprint density at radius 3 is 2.90 bits per heavy atom. The molecule has 0 radical (unpaired) electrons. The van der Waals surface area contributed by atoms with E-state index in [1.807, 2.05) is 12.1 Å². The molecule has 8 heteroatoms. The van der Waals surface area contributed by atoms with Gasteiger partial charge in [0.15, 0.2) is 5.82 Å². The van der Waals surface area contributed by atoms with E-state index in [-0.39, 0.29) is 5.69 Å². The minimum atomic E-state index is -0.427. The zero-order valence-electron chi connectivity index (χ0n) is 10.6. The molecule has 0 atom stereocenters. The zero-order chi connectivity index (χ0) is 14.8. The highest BCUT2D eigenvalue weighted by molar-refractivity contribution is 9.11. The van der Waals surface area contributed by atoms with Gasteiger partial charge in [-0.15, -0.1) is 11.3 Å². The Morgan fingerprint density at radius 1 is 1.33 bits per heavy atom. The number of non-ortho nitro benzene ring substituents is 1. The molecule has 0 fully saturated rings. The molecule has 0 spiro atoms. The Balaban J connectivity index is 1.84. The number of thiophene rings is 1.